The zero-order valence-corrected chi connectivity index (χ0v) is 16.2. The lowest BCUT2D eigenvalue weighted by molar-refractivity contribution is -0.140. The quantitative estimate of drug-likeness (QED) is 0.546. The van der Waals surface area contributed by atoms with Crippen molar-refractivity contribution >= 4 is 24.2 Å². The van der Waals surface area contributed by atoms with Gasteiger partial charge in [-0.25, -0.2) is 4.79 Å². The lowest BCUT2D eigenvalue weighted by Gasteiger charge is -2.41. The van der Waals surface area contributed by atoms with Crippen LogP contribution in [0.1, 0.15) is 58.8 Å². The molecule has 0 aromatic heterocycles. The highest BCUT2D eigenvalue weighted by Gasteiger charge is 2.44. The van der Waals surface area contributed by atoms with E-state index in [-0.39, 0.29) is 24.2 Å². The van der Waals surface area contributed by atoms with E-state index in [1.54, 1.807) is 0 Å². The SMILES string of the molecule is CC(C)(C1CCCCC1)C(OC(N)=O)C(=O)NC(C=O)C[C@@H]1CCNC1=O. The molecule has 2 rings (SSSR count). The predicted molar refractivity (Wildman–Crippen MR) is 98.5 cm³/mol. The summed E-state index contributed by atoms with van der Waals surface area (Å²) < 4.78 is 5.20. The number of aldehydes is 1. The molecule has 1 heterocycles. The van der Waals surface area contributed by atoms with Crippen LogP contribution in [-0.4, -0.2) is 42.9 Å². The number of carbonyl (C=O) groups is 4. The second-order valence-corrected chi connectivity index (χ2v) is 8.24. The molecule has 0 spiro atoms. The normalized spacial score (nSPS) is 23.2. The molecule has 1 saturated heterocycles. The van der Waals surface area contributed by atoms with Gasteiger partial charge in [0, 0.05) is 17.9 Å². The Morgan fingerprint density at radius 2 is 1.96 bits per heavy atom. The molecular weight excluding hydrogens is 350 g/mol. The van der Waals surface area contributed by atoms with Crippen molar-refractivity contribution in [1.29, 1.82) is 0 Å². The first-order valence-electron chi connectivity index (χ1n) is 9.75. The van der Waals surface area contributed by atoms with Crippen molar-refractivity contribution in [2.24, 2.45) is 23.0 Å². The molecule has 2 unspecified atom stereocenters. The van der Waals surface area contributed by atoms with Crippen molar-refractivity contribution < 1.29 is 23.9 Å². The molecule has 2 aliphatic rings. The van der Waals surface area contributed by atoms with Gasteiger partial charge >= 0.3 is 6.09 Å². The number of nitrogens with two attached hydrogens (primary N) is 1. The van der Waals surface area contributed by atoms with E-state index in [0.29, 0.717) is 19.3 Å². The molecule has 8 nitrogen and oxygen atoms in total. The molecule has 0 aromatic rings. The van der Waals surface area contributed by atoms with Gasteiger partial charge in [-0.15, -0.1) is 0 Å². The molecule has 8 heteroatoms. The van der Waals surface area contributed by atoms with Gasteiger partial charge in [0.25, 0.3) is 5.91 Å². The van der Waals surface area contributed by atoms with E-state index in [0.717, 1.165) is 32.1 Å². The maximum atomic E-state index is 12.9. The third kappa shape index (κ3) is 5.43. The Labute approximate surface area is 159 Å². The van der Waals surface area contributed by atoms with Crippen LogP contribution >= 0.6 is 0 Å². The van der Waals surface area contributed by atoms with Crippen LogP contribution in [0.25, 0.3) is 0 Å². The number of hydrogen-bond acceptors (Lipinski definition) is 5. The molecule has 152 valence electrons. The first-order valence-corrected chi connectivity index (χ1v) is 9.75. The van der Waals surface area contributed by atoms with Crippen molar-refractivity contribution in [2.45, 2.75) is 70.9 Å². The standard InChI is InChI=1S/C19H31N3O5/c1-19(2,13-6-4-3-5-7-13)15(27-18(20)26)17(25)22-14(11-23)10-12-8-9-21-16(12)24/h11-15H,3-10H2,1-2H3,(H2,20,26)(H,21,24)(H,22,25)/t12-,14?,15?/m0/s1. The van der Waals surface area contributed by atoms with Gasteiger partial charge in [0.05, 0.1) is 6.04 Å². The van der Waals surface area contributed by atoms with Gasteiger partial charge in [-0.2, -0.15) is 0 Å². The maximum absolute atomic E-state index is 12.9. The molecule has 2 fully saturated rings. The molecule has 27 heavy (non-hydrogen) atoms. The Bertz CT molecular complexity index is 572. The molecule has 0 radical (unpaired) electrons. The zero-order chi connectivity index (χ0) is 20.0. The number of hydrogen-bond donors (Lipinski definition) is 3. The summed E-state index contributed by atoms with van der Waals surface area (Å²) in [5, 5.41) is 5.36. The smallest absolute Gasteiger partial charge is 0.405 e. The van der Waals surface area contributed by atoms with E-state index >= 15 is 0 Å². The summed E-state index contributed by atoms with van der Waals surface area (Å²) in [4.78, 5) is 47.5. The fourth-order valence-electron chi connectivity index (χ4n) is 4.30. The predicted octanol–water partition coefficient (Wildman–Crippen LogP) is 1.27. The van der Waals surface area contributed by atoms with E-state index in [2.05, 4.69) is 10.6 Å². The van der Waals surface area contributed by atoms with Crippen LogP contribution < -0.4 is 16.4 Å². The third-order valence-corrected chi connectivity index (χ3v) is 6.00. The van der Waals surface area contributed by atoms with Crippen molar-refractivity contribution in [3.8, 4) is 0 Å². The minimum absolute atomic E-state index is 0.108. The molecule has 0 aromatic carbocycles. The van der Waals surface area contributed by atoms with Crippen molar-refractivity contribution in [3.63, 3.8) is 0 Å². The molecule has 1 aliphatic carbocycles. The van der Waals surface area contributed by atoms with Crippen molar-refractivity contribution in [1.82, 2.24) is 10.6 Å². The van der Waals surface area contributed by atoms with E-state index < -0.39 is 29.6 Å². The first-order chi connectivity index (χ1) is 12.8. The summed E-state index contributed by atoms with van der Waals surface area (Å²) >= 11 is 0. The molecule has 4 N–H and O–H groups in total. The van der Waals surface area contributed by atoms with Crippen LogP contribution in [0.4, 0.5) is 4.79 Å². The number of ether oxygens (including phenoxy) is 1. The first kappa shape index (κ1) is 21.2. The Balaban J connectivity index is 2.09. The second kappa shape index (κ2) is 9.19. The van der Waals surface area contributed by atoms with Crippen molar-refractivity contribution in [2.75, 3.05) is 6.54 Å². The Morgan fingerprint density at radius 3 is 2.48 bits per heavy atom. The van der Waals surface area contributed by atoms with Crippen LogP contribution in [0.2, 0.25) is 0 Å². The topological polar surface area (TPSA) is 128 Å². The zero-order valence-electron chi connectivity index (χ0n) is 16.2. The molecular formula is C19H31N3O5. The van der Waals surface area contributed by atoms with E-state index in [4.69, 9.17) is 10.5 Å². The molecule has 3 atom stereocenters. The van der Waals surface area contributed by atoms with Gasteiger partial charge in [-0.1, -0.05) is 33.1 Å². The number of nitrogens with one attached hydrogen (secondary N) is 2. The summed E-state index contributed by atoms with van der Waals surface area (Å²) in [5.74, 6) is -0.734. The lowest BCUT2D eigenvalue weighted by Crippen LogP contribution is -2.53. The molecule has 0 bridgehead atoms. The van der Waals surface area contributed by atoms with Crippen LogP contribution in [0.15, 0.2) is 0 Å². The molecule has 1 aliphatic heterocycles. The number of rotatable bonds is 8. The van der Waals surface area contributed by atoms with Gasteiger partial charge in [-0.05, 0) is 31.6 Å². The average Bonchev–Trinajstić information content (AvgIpc) is 3.04. The number of primary amides is 1. The maximum Gasteiger partial charge on any atom is 0.405 e. The Kier molecular flexibility index (Phi) is 7.21. The summed E-state index contributed by atoms with van der Waals surface area (Å²) in [6.45, 7) is 4.37. The van der Waals surface area contributed by atoms with E-state index in [1.165, 1.54) is 0 Å². The summed E-state index contributed by atoms with van der Waals surface area (Å²) in [6.07, 6.45) is 4.61. The molecule has 1 saturated carbocycles. The summed E-state index contributed by atoms with van der Waals surface area (Å²) in [5.41, 5.74) is 4.59. The molecule has 3 amide bonds. The Morgan fingerprint density at radius 1 is 1.30 bits per heavy atom. The fraction of sp³-hybridized carbons (Fsp3) is 0.789. The van der Waals surface area contributed by atoms with Crippen LogP contribution in [0, 0.1) is 17.3 Å². The monoisotopic (exact) mass is 381 g/mol. The van der Waals surface area contributed by atoms with Gasteiger partial charge in [-0.3, -0.25) is 9.59 Å². The lowest BCUT2D eigenvalue weighted by atomic mass is 9.67. The van der Waals surface area contributed by atoms with Crippen molar-refractivity contribution in [3.05, 3.63) is 0 Å². The third-order valence-electron chi connectivity index (χ3n) is 6.00. The minimum Gasteiger partial charge on any atom is -0.436 e. The second-order valence-electron chi connectivity index (χ2n) is 8.24. The summed E-state index contributed by atoms with van der Waals surface area (Å²) in [6, 6.07) is -0.813. The summed E-state index contributed by atoms with van der Waals surface area (Å²) in [7, 11) is 0. The highest BCUT2D eigenvalue weighted by Crippen LogP contribution is 2.41. The van der Waals surface area contributed by atoms with Gasteiger partial charge in [0.15, 0.2) is 6.10 Å². The van der Waals surface area contributed by atoms with Crippen LogP contribution in [0.5, 0.6) is 0 Å². The van der Waals surface area contributed by atoms with E-state index in [1.807, 2.05) is 13.8 Å². The Hall–Kier alpha value is -2.12. The van der Waals surface area contributed by atoms with E-state index in [9.17, 15) is 19.2 Å². The largest absolute Gasteiger partial charge is 0.436 e. The minimum atomic E-state index is -1.09. The number of amides is 3. The highest BCUT2D eigenvalue weighted by atomic mass is 16.6. The fourth-order valence-corrected chi connectivity index (χ4v) is 4.30. The van der Waals surface area contributed by atoms with Gasteiger partial charge < -0.3 is 25.9 Å². The van der Waals surface area contributed by atoms with Gasteiger partial charge in [0.1, 0.15) is 6.29 Å². The van der Waals surface area contributed by atoms with Crippen LogP contribution in [0.3, 0.4) is 0 Å². The number of carbonyl (C=O) groups excluding carboxylic acids is 4. The average molecular weight is 381 g/mol. The van der Waals surface area contributed by atoms with Gasteiger partial charge in [0.2, 0.25) is 5.91 Å². The highest BCUT2D eigenvalue weighted by molar-refractivity contribution is 5.87. The van der Waals surface area contributed by atoms with Crippen LogP contribution in [-0.2, 0) is 19.1 Å².